The molecule has 0 spiro atoms. The van der Waals surface area contributed by atoms with E-state index in [1.807, 2.05) is 24.3 Å². The normalized spacial score (nSPS) is 10.9. The first-order valence-electron chi connectivity index (χ1n) is 9.24. The SMILES string of the molecule is CCCCCc1ccc(-c2ccc(-c3cc(F)c(C)c(F)c3)cc2)cc1. The zero-order valence-electron chi connectivity index (χ0n) is 15.4. The van der Waals surface area contributed by atoms with Crippen molar-refractivity contribution >= 4 is 0 Å². The fourth-order valence-corrected chi connectivity index (χ4v) is 3.11. The Bertz CT molecular complexity index is 839. The van der Waals surface area contributed by atoms with E-state index in [0.29, 0.717) is 5.56 Å². The third-order valence-corrected chi connectivity index (χ3v) is 4.86. The standard InChI is InChI=1S/C24H24F2/c1-3-4-5-6-18-7-9-19(10-8-18)20-11-13-21(14-12-20)22-15-23(25)17(2)24(26)16-22/h7-16H,3-6H2,1-2H3. The van der Waals surface area contributed by atoms with Crippen molar-refractivity contribution in [3.63, 3.8) is 0 Å². The summed E-state index contributed by atoms with van der Waals surface area (Å²) in [5.41, 5.74) is 5.04. The maximum absolute atomic E-state index is 13.8. The molecule has 0 atom stereocenters. The molecular formula is C24H24F2. The minimum Gasteiger partial charge on any atom is -0.207 e. The van der Waals surface area contributed by atoms with Gasteiger partial charge in [-0.25, -0.2) is 8.78 Å². The van der Waals surface area contributed by atoms with Crippen LogP contribution in [-0.4, -0.2) is 0 Å². The molecule has 3 rings (SSSR count). The first-order valence-corrected chi connectivity index (χ1v) is 9.24. The molecule has 0 radical (unpaired) electrons. The average Bonchev–Trinajstić information content (AvgIpc) is 2.67. The van der Waals surface area contributed by atoms with Gasteiger partial charge in [0.2, 0.25) is 0 Å². The van der Waals surface area contributed by atoms with Crippen molar-refractivity contribution in [3.05, 3.63) is 83.4 Å². The second-order valence-corrected chi connectivity index (χ2v) is 6.80. The minimum atomic E-state index is -0.511. The van der Waals surface area contributed by atoms with E-state index in [2.05, 4.69) is 31.2 Å². The molecule has 0 aliphatic carbocycles. The van der Waals surface area contributed by atoms with Crippen LogP contribution >= 0.6 is 0 Å². The smallest absolute Gasteiger partial charge is 0.129 e. The predicted octanol–water partition coefficient (Wildman–Crippen LogP) is 7.34. The molecule has 0 N–H and O–H groups in total. The Kier molecular flexibility index (Phi) is 5.82. The quantitative estimate of drug-likeness (QED) is 0.408. The Balaban J connectivity index is 1.77. The number of hydrogen-bond acceptors (Lipinski definition) is 0. The molecule has 26 heavy (non-hydrogen) atoms. The number of unbranched alkanes of at least 4 members (excludes halogenated alkanes) is 2. The van der Waals surface area contributed by atoms with Crippen LogP contribution in [0, 0.1) is 18.6 Å². The molecular weight excluding hydrogens is 326 g/mol. The number of hydrogen-bond donors (Lipinski definition) is 0. The van der Waals surface area contributed by atoms with Gasteiger partial charge in [0.1, 0.15) is 11.6 Å². The summed E-state index contributed by atoms with van der Waals surface area (Å²) in [4.78, 5) is 0. The lowest BCUT2D eigenvalue weighted by atomic mass is 9.98. The van der Waals surface area contributed by atoms with Gasteiger partial charge in [-0.1, -0.05) is 68.3 Å². The molecule has 0 amide bonds. The molecule has 3 aromatic rings. The van der Waals surface area contributed by atoms with Crippen LogP contribution in [0.4, 0.5) is 8.78 Å². The van der Waals surface area contributed by atoms with Crippen LogP contribution < -0.4 is 0 Å². The monoisotopic (exact) mass is 350 g/mol. The highest BCUT2D eigenvalue weighted by molar-refractivity contribution is 5.70. The van der Waals surface area contributed by atoms with Gasteiger partial charge in [-0.2, -0.15) is 0 Å². The van der Waals surface area contributed by atoms with Gasteiger partial charge in [-0.15, -0.1) is 0 Å². The Hall–Kier alpha value is -2.48. The molecule has 0 saturated carbocycles. The van der Waals surface area contributed by atoms with Crippen LogP contribution in [0.25, 0.3) is 22.3 Å². The van der Waals surface area contributed by atoms with E-state index in [9.17, 15) is 8.78 Å². The highest BCUT2D eigenvalue weighted by Gasteiger charge is 2.08. The highest BCUT2D eigenvalue weighted by Crippen LogP contribution is 2.27. The summed E-state index contributed by atoms with van der Waals surface area (Å²) in [7, 11) is 0. The largest absolute Gasteiger partial charge is 0.207 e. The maximum Gasteiger partial charge on any atom is 0.129 e. The third-order valence-electron chi connectivity index (χ3n) is 4.86. The van der Waals surface area contributed by atoms with Crippen molar-refractivity contribution in [1.29, 1.82) is 0 Å². The van der Waals surface area contributed by atoms with Gasteiger partial charge in [0, 0.05) is 5.56 Å². The Labute approximate surface area is 154 Å². The van der Waals surface area contributed by atoms with E-state index < -0.39 is 11.6 Å². The van der Waals surface area contributed by atoms with Gasteiger partial charge in [0.25, 0.3) is 0 Å². The van der Waals surface area contributed by atoms with Crippen molar-refractivity contribution in [2.75, 3.05) is 0 Å². The molecule has 0 aliphatic rings. The van der Waals surface area contributed by atoms with Gasteiger partial charge in [-0.05, 0) is 59.7 Å². The Morgan fingerprint density at radius 2 is 1.12 bits per heavy atom. The lowest BCUT2D eigenvalue weighted by molar-refractivity contribution is 0.569. The van der Waals surface area contributed by atoms with Crippen molar-refractivity contribution in [3.8, 4) is 22.3 Å². The fraction of sp³-hybridized carbons (Fsp3) is 0.250. The van der Waals surface area contributed by atoms with E-state index in [1.54, 1.807) is 0 Å². The Morgan fingerprint density at radius 1 is 0.654 bits per heavy atom. The van der Waals surface area contributed by atoms with Gasteiger partial charge in [0.15, 0.2) is 0 Å². The molecule has 3 aromatic carbocycles. The lowest BCUT2D eigenvalue weighted by Crippen LogP contribution is -1.90. The third kappa shape index (κ3) is 4.19. The van der Waals surface area contributed by atoms with E-state index in [-0.39, 0.29) is 5.56 Å². The number of rotatable bonds is 6. The van der Waals surface area contributed by atoms with Crippen LogP contribution in [-0.2, 0) is 6.42 Å². The number of halogens is 2. The second kappa shape index (κ2) is 8.27. The molecule has 0 saturated heterocycles. The molecule has 2 heteroatoms. The van der Waals surface area contributed by atoms with Crippen molar-refractivity contribution in [2.45, 2.75) is 39.5 Å². The molecule has 0 fully saturated rings. The highest BCUT2D eigenvalue weighted by atomic mass is 19.1. The molecule has 0 aliphatic heterocycles. The summed E-state index contributed by atoms with van der Waals surface area (Å²) >= 11 is 0. The summed E-state index contributed by atoms with van der Waals surface area (Å²) in [5.74, 6) is -1.02. The zero-order chi connectivity index (χ0) is 18.5. The molecule has 0 unspecified atom stereocenters. The predicted molar refractivity (Wildman–Crippen MR) is 105 cm³/mol. The molecule has 0 aromatic heterocycles. The fourth-order valence-electron chi connectivity index (χ4n) is 3.11. The summed E-state index contributed by atoms with van der Waals surface area (Å²) in [6.45, 7) is 3.66. The van der Waals surface area contributed by atoms with Crippen molar-refractivity contribution < 1.29 is 8.78 Å². The zero-order valence-corrected chi connectivity index (χ0v) is 15.4. The summed E-state index contributed by atoms with van der Waals surface area (Å²) in [6, 6.07) is 19.2. The van der Waals surface area contributed by atoms with Crippen molar-refractivity contribution in [1.82, 2.24) is 0 Å². The van der Waals surface area contributed by atoms with Crippen LogP contribution in [0.3, 0.4) is 0 Å². The average molecular weight is 350 g/mol. The first-order chi connectivity index (χ1) is 12.6. The lowest BCUT2D eigenvalue weighted by Gasteiger charge is -2.08. The van der Waals surface area contributed by atoms with Gasteiger partial charge in [-0.3, -0.25) is 0 Å². The summed E-state index contributed by atoms with van der Waals surface area (Å²) < 4.78 is 27.6. The topological polar surface area (TPSA) is 0 Å². The van der Waals surface area contributed by atoms with E-state index in [4.69, 9.17) is 0 Å². The van der Waals surface area contributed by atoms with Crippen LogP contribution in [0.2, 0.25) is 0 Å². The molecule has 0 bridgehead atoms. The van der Waals surface area contributed by atoms with E-state index in [0.717, 1.165) is 23.1 Å². The first kappa shape index (κ1) is 18.3. The molecule has 0 heterocycles. The Morgan fingerprint density at radius 3 is 1.62 bits per heavy atom. The summed E-state index contributed by atoms with van der Waals surface area (Å²) in [6.07, 6.45) is 4.86. The van der Waals surface area contributed by atoms with Crippen LogP contribution in [0.5, 0.6) is 0 Å². The maximum atomic E-state index is 13.8. The van der Waals surface area contributed by atoms with E-state index in [1.165, 1.54) is 43.9 Å². The van der Waals surface area contributed by atoms with E-state index >= 15 is 0 Å². The van der Waals surface area contributed by atoms with Gasteiger partial charge >= 0.3 is 0 Å². The van der Waals surface area contributed by atoms with Gasteiger partial charge < -0.3 is 0 Å². The second-order valence-electron chi connectivity index (χ2n) is 6.80. The molecule has 0 nitrogen and oxygen atoms in total. The minimum absolute atomic E-state index is 0.0596. The van der Waals surface area contributed by atoms with Gasteiger partial charge in [0.05, 0.1) is 0 Å². The van der Waals surface area contributed by atoms with Crippen molar-refractivity contribution in [2.24, 2.45) is 0 Å². The van der Waals surface area contributed by atoms with Crippen LogP contribution in [0.15, 0.2) is 60.7 Å². The summed E-state index contributed by atoms with van der Waals surface area (Å²) in [5, 5.41) is 0. The van der Waals surface area contributed by atoms with Crippen LogP contribution in [0.1, 0.15) is 37.3 Å². The number of benzene rings is 3. The molecule has 134 valence electrons. The number of aryl methyl sites for hydroxylation is 1.